The fraction of sp³-hybridized carbons (Fsp3) is 0.476. The van der Waals surface area contributed by atoms with E-state index in [9.17, 15) is 9.59 Å². The van der Waals surface area contributed by atoms with Crippen LogP contribution in [0.3, 0.4) is 0 Å². The first-order chi connectivity index (χ1) is 24.1. The lowest BCUT2D eigenvalue weighted by Gasteiger charge is -2.43. The molecule has 8 nitrogen and oxygen atoms in total. The predicted octanol–water partition coefficient (Wildman–Crippen LogP) is 8.35. The Kier molecular flexibility index (Phi) is 13.7. The van der Waals surface area contributed by atoms with Crippen LogP contribution in [0, 0.1) is 0 Å². The molecule has 1 fully saturated rings. The fourth-order valence-corrected chi connectivity index (χ4v) is 11.3. The summed E-state index contributed by atoms with van der Waals surface area (Å²) in [4.78, 5) is 27.9. The molecule has 1 aliphatic rings. The Bertz CT molecular complexity index is 1510. The van der Waals surface area contributed by atoms with E-state index >= 15 is 0 Å². The van der Waals surface area contributed by atoms with Gasteiger partial charge >= 0.3 is 12.2 Å². The molecule has 1 aliphatic heterocycles. The van der Waals surface area contributed by atoms with Gasteiger partial charge in [0.2, 0.25) is 0 Å². The number of amides is 2. The molecule has 0 aliphatic carbocycles. The Morgan fingerprint density at radius 1 is 0.882 bits per heavy atom. The molecule has 0 bridgehead atoms. The van der Waals surface area contributed by atoms with Crippen LogP contribution in [0.4, 0.5) is 9.59 Å². The van der Waals surface area contributed by atoms with Crippen molar-refractivity contribution in [2.24, 2.45) is 0 Å². The smallest absolute Gasteiger partial charge is 0.412 e. The van der Waals surface area contributed by atoms with E-state index in [2.05, 4.69) is 86.8 Å². The van der Waals surface area contributed by atoms with Gasteiger partial charge in [-0.1, -0.05) is 124 Å². The van der Waals surface area contributed by atoms with Crippen LogP contribution >= 0.6 is 0 Å². The number of nitrogens with one attached hydrogen (secondary N) is 1. The Balaban J connectivity index is 1.46. The maximum absolute atomic E-state index is 13.1. The summed E-state index contributed by atoms with van der Waals surface area (Å²) in [5.41, 5.74) is -0.382. The third kappa shape index (κ3) is 11.0. The van der Waals surface area contributed by atoms with Gasteiger partial charge < -0.3 is 24.0 Å². The van der Waals surface area contributed by atoms with E-state index in [0.29, 0.717) is 19.6 Å². The van der Waals surface area contributed by atoms with Crippen LogP contribution in [0.5, 0.6) is 0 Å². The average molecular weight is 715 g/mol. The molecule has 0 aromatic heterocycles. The van der Waals surface area contributed by atoms with Crippen LogP contribution in [0.2, 0.25) is 5.04 Å². The lowest BCUT2D eigenvalue weighted by Crippen LogP contribution is -2.67. The van der Waals surface area contributed by atoms with E-state index in [4.69, 9.17) is 18.6 Å². The lowest BCUT2D eigenvalue weighted by atomic mass is 10.1. The third-order valence-electron chi connectivity index (χ3n) is 9.13. The van der Waals surface area contributed by atoms with Gasteiger partial charge in [0, 0.05) is 0 Å². The van der Waals surface area contributed by atoms with Gasteiger partial charge in [-0.25, -0.2) is 9.59 Å². The molecule has 3 aromatic rings. The van der Waals surface area contributed by atoms with Crippen molar-refractivity contribution in [2.75, 3.05) is 13.2 Å². The van der Waals surface area contributed by atoms with Crippen LogP contribution in [-0.2, 0) is 25.2 Å². The Morgan fingerprint density at radius 3 is 1.98 bits per heavy atom. The lowest BCUT2D eigenvalue weighted by molar-refractivity contribution is -0.0626. The highest BCUT2D eigenvalue weighted by atomic mass is 28.4. The zero-order valence-corrected chi connectivity index (χ0v) is 32.8. The molecule has 51 heavy (non-hydrogen) atoms. The standard InChI is InChI=1S/C42H58N2O6Si/c1-40(2,3)50-39(46)44-35(32-48-42(44,7)8)25-17-10-9-16-24-34(43-38(45)47-30-33-22-14-11-15-23-33)31-49-51(41(4,5)6,36-26-18-12-19-27-36)37-28-20-13-21-29-37/h9-15,18-23,26-29,34-35H,16-17,24-25,30-32H2,1-8H3,(H,43,45)/b10-9+/t34-,35-/m0/s1. The van der Waals surface area contributed by atoms with Gasteiger partial charge in [0.25, 0.3) is 8.32 Å². The quantitative estimate of drug-likeness (QED) is 0.134. The van der Waals surface area contributed by atoms with E-state index < -0.39 is 25.7 Å². The van der Waals surface area contributed by atoms with Crippen molar-refractivity contribution in [3.05, 3.63) is 109 Å². The number of benzene rings is 3. The van der Waals surface area contributed by atoms with Crippen molar-refractivity contribution in [3.8, 4) is 0 Å². The number of carbonyl (C=O) groups is 2. The zero-order chi connectivity index (χ0) is 37.1. The Labute approximate surface area is 306 Å². The van der Waals surface area contributed by atoms with Crippen molar-refractivity contribution in [1.29, 1.82) is 0 Å². The molecule has 1 N–H and O–H groups in total. The first-order valence-electron chi connectivity index (χ1n) is 18.2. The SMILES string of the molecule is CC(C)(C)OC(=O)N1[C@@H](CC/C=C/CC[C@@H](CO[Si](c2ccccc2)(c2ccccc2)C(C)(C)C)NC(=O)OCc2ccccc2)COC1(C)C. The minimum Gasteiger partial charge on any atom is -0.445 e. The number of nitrogens with zero attached hydrogens (tertiary/aromatic N) is 1. The van der Waals surface area contributed by atoms with E-state index in [1.807, 2.05) is 77.1 Å². The maximum Gasteiger partial charge on any atom is 0.412 e. The molecule has 0 spiro atoms. The molecule has 9 heteroatoms. The summed E-state index contributed by atoms with van der Waals surface area (Å²) in [6.07, 6.45) is 6.40. The third-order valence-corrected chi connectivity index (χ3v) is 14.1. The highest BCUT2D eigenvalue weighted by Gasteiger charge is 2.50. The maximum atomic E-state index is 13.1. The van der Waals surface area contributed by atoms with Crippen LogP contribution in [0.25, 0.3) is 0 Å². The number of hydrogen-bond donors (Lipinski definition) is 1. The van der Waals surface area contributed by atoms with Gasteiger partial charge in [-0.05, 0) is 81.3 Å². The van der Waals surface area contributed by atoms with E-state index in [-0.39, 0.29) is 29.8 Å². The number of hydrogen-bond acceptors (Lipinski definition) is 6. The van der Waals surface area contributed by atoms with Crippen LogP contribution in [0.15, 0.2) is 103 Å². The molecular formula is C42H58N2O6Si. The summed E-state index contributed by atoms with van der Waals surface area (Å²) >= 11 is 0. The van der Waals surface area contributed by atoms with Crippen LogP contribution in [0.1, 0.15) is 86.6 Å². The first-order valence-corrected chi connectivity index (χ1v) is 20.1. The normalized spacial score (nSPS) is 16.9. The second-order valence-electron chi connectivity index (χ2n) is 15.8. The summed E-state index contributed by atoms with van der Waals surface area (Å²) in [6.45, 7) is 17.2. The van der Waals surface area contributed by atoms with E-state index in [1.165, 1.54) is 10.4 Å². The van der Waals surface area contributed by atoms with Crippen molar-refractivity contribution < 1.29 is 28.2 Å². The largest absolute Gasteiger partial charge is 0.445 e. The second-order valence-corrected chi connectivity index (χ2v) is 20.1. The Hall–Kier alpha value is -3.92. The number of alkyl carbamates (subject to hydrolysis) is 1. The minimum absolute atomic E-state index is 0.0758. The number of carbonyl (C=O) groups excluding carboxylic acids is 2. The van der Waals surface area contributed by atoms with Crippen molar-refractivity contribution >= 4 is 30.9 Å². The molecule has 0 radical (unpaired) electrons. The topological polar surface area (TPSA) is 86.3 Å². The van der Waals surface area contributed by atoms with Crippen molar-refractivity contribution in [1.82, 2.24) is 10.2 Å². The average Bonchev–Trinajstić information content (AvgIpc) is 3.39. The molecule has 2 atom stereocenters. The Morgan fingerprint density at radius 2 is 1.43 bits per heavy atom. The molecule has 0 unspecified atom stereocenters. The number of ether oxygens (including phenoxy) is 3. The van der Waals surface area contributed by atoms with Gasteiger partial charge in [0.1, 0.15) is 17.9 Å². The number of allylic oxidation sites excluding steroid dienone is 2. The van der Waals surface area contributed by atoms with Gasteiger partial charge in [0.15, 0.2) is 0 Å². The molecule has 2 amide bonds. The molecular weight excluding hydrogens is 657 g/mol. The minimum atomic E-state index is -2.82. The van der Waals surface area contributed by atoms with Crippen molar-refractivity contribution in [3.63, 3.8) is 0 Å². The van der Waals surface area contributed by atoms with Gasteiger partial charge in [-0.3, -0.25) is 4.90 Å². The molecule has 4 rings (SSSR count). The van der Waals surface area contributed by atoms with Gasteiger partial charge in [-0.15, -0.1) is 0 Å². The summed E-state index contributed by atoms with van der Waals surface area (Å²) in [5, 5.41) is 5.31. The molecule has 1 heterocycles. The first kappa shape index (κ1) is 39.9. The molecule has 0 saturated carbocycles. The summed E-state index contributed by atoms with van der Waals surface area (Å²) in [7, 11) is -2.82. The monoisotopic (exact) mass is 714 g/mol. The summed E-state index contributed by atoms with van der Waals surface area (Å²) in [6, 6.07) is 30.3. The molecule has 1 saturated heterocycles. The zero-order valence-electron chi connectivity index (χ0n) is 31.8. The summed E-state index contributed by atoms with van der Waals surface area (Å²) < 4.78 is 24.5. The van der Waals surface area contributed by atoms with Crippen LogP contribution in [-0.4, -0.2) is 62.0 Å². The fourth-order valence-electron chi connectivity index (χ4n) is 6.71. The van der Waals surface area contributed by atoms with Crippen LogP contribution < -0.4 is 15.7 Å². The van der Waals surface area contributed by atoms with Crippen molar-refractivity contribution in [2.45, 2.75) is 116 Å². The number of rotatable bonds is 14. The summed E-state index contributed by atoms with van der Waals surface area (Å²) in [5.74, 6) is 0. The van der Waals surface area contributed by atoms with E-state index in [0.717, 1.165) is 24.8 Å². The van der Waals surface area contributed by atoms with E-state index in [1.54, 1.807) is 4.90 Å². The highest BCUT2D eigenvalue weighted by Crippen LogP contribution is 2.37. The van der Waals surface area contributed by atoms with Gasteiger partial charge in [-0.2, -0.15) is 0 Å². The predicted molar refractivity (Wildman–Crippen MR) is 207 cm³/mol. The van der Waals surface area contributed by atoms with Gasteiger partial charge in [0.05, 0.1) is 25.3 Å². The molecule has 3 aromatic carbocycles. The highest BCUT2D eigenvalue weighted by molar-refractivity contribution is 6.99. The second kappa shape index (κ2) is 17.5. The molecule has 276 valence electrons.